The number of carbonyl (C=O) groups is 1. The van der Waals surface area contributed by atoms with Gasteiger partial charge in [-0.05, 0) is 44.5 Å². The summed E-state index contributed by atoms with van der Waals surface area (Å²) in [5.74, 6) is 0.222. The van der Waals surface area contributed by atoms with E-state index in [-0.39, 0.29) is 5.97 Å². The van der Waals surface area contributed by atoms with E-state index in [2.05, 4.69) is 17.3 Å². The van der Waals surface area contributed by atoms with Gasteiger partial charge >= 0.3 is 5.97 Å². The van der Waals surface area contributed by atoms with Gasteiger partial charge in [-0.25, -0.2) is 4.79 Å². The Morgan fingerprint density at radius 1 is 1.55 bits per heavy atom. The molecule has 0 spiro atoms. The van der Waals surface area contributed by atoms with Crippen LogP contribution in [-0.2, 0) is 4.74 Å². The van der Waals surface area contributed by atoms with E-state index in [9.17, 15) is 4.79 Å². The van der Waals surface area contributed by atoms with Crippen molar-refractivity contribution in [2.45, 2.75) is 12.8 Å². The third kappa shape index (κ3) is 3.42. The van der Waals surface area contributed by atoms with Crippen molar-refractivity contribution >= 4 is 17.3 Å². The molecule has 1 aliphatic rings. The molecule has 0 aromatic heterocycles. The topological polar surface area (TPSA) is 67.6 Å². The zero-order chi connectivity index (χ0) is 14.5. The van der Waals surface area contributed by atoms with E-state index < -0.39 is 0 Å². The lowest BCUT2D eigenvalue weighted by Crippen LogP contribution is -2.35. The normalized spacial score (nSPS) is 19.6. The van der Waals surface area contributed by atoms with E-state index in [1.807, 2.05) is 0 Å². The van der Waals surface area contributed by atoms with E-state index in [1.54, 1.807) is 18.2 Å². The number of nitrogens with two attached hydrogens (primary N) is 1. The Morgan fingerprint density at radius 2 is 2.35 bits per heavy atom. The smallest absolute Gasteiger partial charge is 0.340 e. The SMILES string of the molecule is COC(=O)c1cccc(N)c1NCC1CCCN(C)C1. The number of anilines is 2. The molecule has 1 unspecified atom stereocenters. The number of nitrogen functional groups attached to an aromatic ring is 1. The number of likely N-dealkylation sites (tertiary alicyclic amines) is 1. The number of nitrogens with one attached hydrogen (secondary N) is 1. The van der Waals surface area contributed by atoms with Crippen LogP contribution in [0.4, 0.5) is 11.4 Å². The van der Waals surface area contributed by atoms with Crippen molar-refractivity contribution in [1.29, 1.82) is 0 Å². The monoisotopic (exact) mass is 277 g/mol. The van der Waals surface area contributed by atoms with Crippen LogP contribution in [0.15, 0.2) is 18.2 Å². The Bertz CT molecular complexity index is 476. The predicted molar refractivity (Wildman–Crippen MR) is 80.9 cm³/mol. The molecule has 0 radical (unpaired) electrons. The molecule has 1 atom stereocenters. The third-order valence-corrected chi connectivity index (χ3v) is 3.79. The summed E-state index contributed by atoms with van der Waals surface area (Å²) in [6, 6.07) is 5.29. The molecular weight excluding hydrogens is 254 g/mol. The van der Waals surface area contributed by atoms with Gasteiger partial charge in [0.2, 0.25) is 0 Å². The minimum Gasteiger partial charge on any atom is -0.465 e. The number of hydrogen-bond acceptors (Lipinski definition) is 5. The molecule has 1 aliphatic heterocycles. The Labute approximate surface area is 120 Å². The lowest BCUT2D eigenvalue weighted by Gasteiger charge is -2.30. The molecule has 110 valence electrons. The Morgan fingerprint density at radius 3 is 3.05 bits per heavy atom. The number of piperidine rings is 1. The molecule has 1 saturated heterocycles. The third-order valence-electron chi connectivity index (χ3n) is 3.79. The van der Waals surface area contributed by atoms with Gasteiger partial charge in [0, 0.05) is 13.1 Å². The number of rotatable bonds is 4. The number of esters is 1. The Balaban J connectivity index is 2.06. The Hall–Kier alpha value is -1.75. The highest BCUT2D eigenvalue weighted by Gasteiger charge is 2.19. The predicted octanol–water partition coefficient (Wildman–Crippen LogP) is 1.81. The lowest BCUT2D eigenvalue weighted by atomic mass is 9.98. The molecular formula is C15H23N3O2. The van der Waals surface area contributed by atoms with Gasteiger partial charge in [0.05, 0.1) is 24.0 Å². The number of carbonyl (C=O) groups excluding carboxylic acids is 1. The van der Waals surface area contributed by atoms with Crippen LogP contribution in [0, 0.1) is 5.92 Å². The fourth-order valence-corrected chi connectivity index (χ4v) is 2.73. The van der Waals surface area contributed by atoms with Crippen LogP contribution in [-0.4, -0.2) is 44.7 Å². The molecule has 20 heavy (non-hydrogen) atoms. The number of methoxy groups -OCH3 is 1. The van der Waals surface area contributed by atoms with Crippen molar-refractivity contribution in [2.24, 2.45) is 5.92 Å². The maximum Gasteiger partial charge on any atom is 0.340 e. The second kappa shape index (κ2) is 6.61. The number of benzene rings is 1. The summed E-state index contributed by atoms with van der Waals surface area (Å²) < 4.78 is 4.80. The van der Waals surface area contributed by atoms with Gasteiger partial charge in [0.25, 0.3) is 0 Å². The second-order valence-electron chi connectivity index (χ2n) is 5.41. The first-order valence-corrected chi connectivity index (χ1v) is 7.01. The minimum absolute atomic E-state index is 0.361. The summed E-state index contributed by atoms with van der Waals surface area (Å²) in [5, 5.41) is 3.33. The average molecular weight is 277 g/mol. The molecule has 1 aromatic rings. The Kier molecular flexibility index (Phi) is 4.84. The maximum atomic E-state index is 11.8. The number of para-hydroxylation sites is 1. The summed E-state index contributed by atoms with van der Waals surface area (Å²) in [6.07, 6.45) is 2.43. The van der Waals surface area contributed by atoms with Crippen LogP contribution in [0.5, 0.6) is 0 Å². The minimum atomic E-state index is -0.361. The zero-order valence-electron chi connectivity index (χ0n) is 12.2. The van der Waals surface area contributed by atoms with E-state index in [0.717, 1.165) is 19.6 Å². The molecule has 1 fully saturated rings. The molecule has 0 aliphatic carbocycles. The lowest BCUT2D eigenvalue weighted by molar-refractivity contribution is 0.0602. The molecule has 5 heteroatoms. The molecule has 0 bridgehead atoms. The zero-order valence-corrected chi connectivity index (χ0v) is 12.2. The largest absolute Gasteiger partial charge is 0.465 e. The average Bonchev–Trinajstić information content (AvgIpc) is 2.45. The van der Waals surface area contributed by atoms with E-state index in [1.165, 1.54) is 20.0 Å². The van der Waals surface area contributed by atoms with Crippen LogP contribution in [0.2, 0.25) is 0 Å². The van der Waals surface area contributed by atoms with Crippen molar-refractivity contribution in [3.63, 3.8) is 0 Å². The van der Waals surface area contributed by atoms with Gasteiger partial charge in [-0.1, -0.05) is 6.07 Å². The van der Waals surface area contributed by atoms with E-state index >= 15 is 0 Å². The molecule has 0 saturated carbocycles. The van der Waals surface area contributed by atoms with Gasteiger partial charge in [-0.3, -0.25) is 0 Å². The van der Waals surface area contributed by atoms with Gasteiger partial charge in [0.15, 0.2) is 0 Å². The van der Waals surface area contributed by atoms with Crippen LogP contribution >= 0.6 is 0 Å². The van der Waals surface area contributed by atoms with Crippen LogP contribution < -0.4 is 11.1 Å². The highest BCUT2D eigenvalue weighted by Crippen LogP contribution is 2.25. The van der Waals surface area contributed by atoms with Gasteiger partial charge in [-0.2, -0.15) is 0 Å². The highest BCUT2D eigenvalue weighted by atomic mass is 16.5. The number of ether oxygens (including phenoxy) is 1. The van der Waals surface area contributed by atoms with Crippen molar-refractivity contribution < 1.29 is 9.53 Å². The summed E-state index contributed by atoms with van der Waals surface area (Å²) in [6.45, 7) is 3.06. The van der Waals surface area contributed by atoms with Gasteiger partial charge < -0.3 is 20.7 Å². The first-order valence-electron chi connectivity index (χ1n) is 7.01. The van der Waals surface area contributed by atoms with Crippen molar-refractivity contribution in [2.75, 3.05) is 44.8 Å². The molecule has 0 amide bonds. The summed E-state index contributed by atoms with van der Waals surface area (Å²) in [7, 11) is 3.52. The second-order valence-corrected chi connectivity index (χ2v) is 5.41. The maximum absolute atomic E-state index is 11.8. The van der Waals surface area contributed by atoms with Crippen LogP contribution in [0.3, 0.4) is 0 Å². The summed E-state index contributed by atoms with van der Waals surface area (Å²) >= 11 is 0. The van der Waals surface area contributed by atoms with Crippen molar-refractivity contribution in [1.82, 2.24) is 4.90 Å². The number of nitrogens with zero attached hydrogens (tertiary/aromatic N) is 1. The standard InChI is InChI=1S/C15H23N3O2/c1-18-8-4-5-11(10-18)9-17-14-12(15(19)20-2)6-3-7-13(14)16/h3,6-7,11,17H,4-5,8-10,16H2,1-2H3. The van der Waals surface area contributed by atoms with Crippen LogP contribution in [0.25, 0.3) is 0 Å². The summed E-state index contributed by atoms with van der Waals surface area (Å²) in [5.41, 5.74) is 7.74. The fourth-order valence-electron chi connectivity index (χ4n) is 2.73. The van der Waals surface area contributed by atoms with Crippen molar-refractivity contribution in [3.8, 4) is 0 Å². The first-order chi connectivity index (χ1) is 9.61. The van der Waals surface area contributed by atoms with Crippen molar-refractivity contribution in [3.05, 3.63) is 23.8 Å². The van der Waals surface area contributed by atoms with Gasteiger partial charge in [0.1, 0.15) is 0 Å². The molecule has 1 aromatic carbocycles. The molecule has 1 heterocycles. The fraction of sp³-hybridized carbons (Fsp3) is 0.533. The molecule has 5 nitrogen and oxygen atoms in total. The first kappa shape index (κ1) is 14.7. The van der Waals surface area contributed by atoms with Crippen LogP contribution in [0.1, 0.15) is 23.2 Å². The van der Waals surface area contributed by atoms with E-state index in [0.29, 0.717) is 22.9 Å². The van der Waals surface area contributed by atoms with Gasteiger partial charge in [-0.15, -0.1) is 0 Å². The number of hydrogen-bond donors (Lipinski definition) is 2. The molecule has 3 N–H and O–H groups in total. The quantitative estimate of drug-likeness (QED) is 0.649. The summed E-state index contributed by atoms with van der Waals surface area (Å²) in [4.78, 5) is 14.1. The van der Waals surface area contributed by atoms with E-state index in [4.69, 9.17) is 10.5 Å². The molecule has 2 rings (SSSR count). The highest BCUT2D eigenvalue weighted by molar-refractivity contribution is 5.98.